The van der Waals surface area contributed by atoms with Crippen molar-refractivity contribution in [2.45, 2.75) is 47.5 Å². The molecule has 0 nitrogen and oxygen atoms in total. The largest absolute Gasteiger partial charge is 0.0776 e. The Morgan fingerprint density at radius 3 is 1.86 bits per heavy atom. The molecule has 1 aliphatic carbocycles. The molecule has 0 heterocycles. The molecule has 14 heavy (non-hydrogen) atoms. The molecular weight excluding hydrogens is 168 g/mol. The molecule has 0 heteroatoms. The quantitative estimate of drug-likeness (QED) is 0.615. The first kappa shape index (κ1) is 13.2. The van der Waals surface area contributed by atoms with Crippen LogP contribution in [0.4, 0.5) is 0 Å². The van der Waals surface area contributed by atoms with Crippen LogP contribution < -0.4 is 0 Å². The molecule has 80 valence electrons. The van der Waals surface area contributed by atoms with Gasteiger partial charge in [-0.05, 0) is 29.9 Å². The fourth-order valence-corrected chi connectivity index (χ4v) is 1.94. The number of fused-ring (bicyclic) bond motifs is 1. The summed E-state index contributed by atoms with van der Waals surface area (Å²) in [5.74, 6) is 0.924. The van der Waals surface area contributed by atoms with E-state index in [1.165, 1.54) is 19.3 Å². The van der Waals surface area contributed by atoms with E-state index in [2.05, 4.69) is 31.2 Å². The molecule has 0 saturated carbocycles. The van der Waals surface area contributed by atoms with Crippen molar-refractivity contribution in [3.8, 4) is 0 Å². The molecule has 0 aliphatic heterocycles. The van der Waals surface area contributed by atoms with Gasteiger partial charge in [0.25, 0.3) is 0 Å². The van der Waals surface area contributed by atoms with Crippen LogP contribution in [0.15, 0.2) is 24.3 Å². The monoisotopic (exact) mass is 192 g/mol. The second-order valence-corrected chi connectivity index (χ2v) is 3.45. The predicted molar refractivity (Wildman–Crippen MR) is 65.7 cm³/mol. The summed E-state index contributed by atoms with van der Waals surface area (Å²) in [4.78, 5) is 0. The van der Waals surface area contributed by atoms with Crippen molar-refractivity contribution in [2.24, 2.45) is 5.92 Å². The van der Waals surface area contributed by atoms with Gasteiger partial charge in [0.05, 0.1) is 0 Å². The zero-order valence-corrected chi connectivity index (χ0v) is 9.01. The van der Waals surface area contributed by atoms with Gasteiger partial charge < -0.3 is 0 Å². The second kappa shape index (κ2) is 6.64. The maximum absolute atomic E-state index is 2.29. The van der Waals surface area contributed by atoms with Crippen LogP contribution >= 0.6 is 0 Å². The highest BCUT2D eigenvalue weighted by Crippen LogP contribution is 2.27. The highest BCUT2D eigenvalue weighted by Gasteiger charge is 2.18. The van der Waals surface area contributed by atoms with E-state index in [9.17, 15) is 0 Å². The van der Waals surface area contributed by atoms with E-state index < -0.39 is 0 Å². The zero-order chi connectivity index (χ0) is 9.68. The minimum absolute atomic E-state index is 0. The lowest BCUT2D eigenvalue weighted by Crippen LogP contribution is -1.95. The molecule has 0 spiro atoms. The molecule has 0 radical (unpaired) electrons. The SMILES string of the molecule is C.CC.CCC1Cc2ccccc2C1. The number of rotatable bonds is 1. The van der Waals surface area contributed by atoms with Gasteiger partial charge in [0.15, 0.2) is 0 Å². The molecule has 1 aromatic carbocycles. The van der Waals surface area contributed by atoms with Crippen molar-refractivity contribution in [1.29, 1.82) is 0 Å². The number of hydrogen-bond acceptors (Lipinski definition) is 0. The molecular formula is C14H24. The van der Waals surface area contributed by atoms with E-state index in [0.29, 0.717) is 0 Å². The summed E-state index contributed by atoms with van der Waals surface area (Å²) in [6.45, 7) is 6.29. The Morgan fingerprint density at radius 1 is 1.07 bits per heavy atom. The summed E-state index contributed by atoms with van der Waals surface area (Å²) in [6.07, 6.45) is 3.95. The highest BCUT2D eigenvalue weighted by atomic mass is 14.2. The van der Waals surface area contributed by atoms with Crippen molar-refractivity contribution in [1.82, 2.24) is 0 Å². The average Bonchev–Trinajstić information content (AvgIpc) is 2.63. The maximum atomic E-state index is 2.29. The predicted octanol–water partition coefficient (Wildman–Crippen LogP) is 4.47. The van der Waals surface area contributed by atoms with Crippen LogP contribution in [-0.2, 0) is 12.8 Å². The van der Waals surface area contributed by atoms with Crippen LogP contribution in [0.5, 0.6) is 0 Å². The Labute approximate surface area is 89.4 Å². The van der Waals surface area contributed by atoms with Crippen molar-refractivity contribution in [3.63, 3.8) is 0 Å². The maximum Gasteiger partial charge on any atom is -0.0245 e. The smallest absolute Gasteiger partial charge is 0.0245 e. The summed E-state index contributed by atoms with van der Waals surface area (Å²) >= 11 is 0. The summed E-state index contributed by atoms with van der Waals surface area (Å²) in [7, 11) is 0. The molecule has 0 amide bonds. The molecule has 1 aromatic rings. The van der Waals surface area contributed by atoms with E-state index in [1.54, 1.807) is 11.1 Å². The summed E-state index contributed by atoms with van der Waals surface area (Å²) < 4.78 is 0. The third kappa shape index (κ3) is 2.87. The zero-order valence-electron chi connectivity index (χ0n) is 9.01. The van der Waals surface area contributed by atoms with Crippen molar-refractivity contribution >= 4 is 0 Å². The molecule has 0 unspecified atom stereocenters. The van der Waals surface area contributed by atoms with Crippen molar-refractivity contribution < 1.29 is 0 Å². The second-order valence-electron chi connectivity index (χ2n) is 3.45. The summed E-state index contributed by atoms with van der Waals surface area (Å²) in [5.41, 5.74) is 3.17. The summed E-state index contributed by atoms with van der Waals surface area (Å²) in [6, 6.07) is 8.84. The molecule has 0 saturated heterocycles. The van der Waals surface area contributed by atoms with Crippen molar-refractivity contribution in [3.05, 3.63) is 35.4 Å². The van der Waals surface area contributed by atoms with Crippen LogP contribution in [0.2, 0.25) is 0 Å². The Kier molecular flexibility index (Phi) is 6.27. The normalized spacial score (nSPS) is 13.6. The fraction of sp³-hybridized carbons (Fsp3) is 0.571. The minimum Gasteiger partial charge on any atom is -0.0776 e. The standard InChI is InChI=1S/C11H14.C2H6.CH4/c1-2-9-7-10-5-3-4-6-11(10)8-9;1-2;/h3-6,9H,2,7-8H2,1H3;1-2H3;1H4. The molecule has 0 fully saturated rings. The van der Waals surface area contributed by atoms with E-state index in [-0.39, 0.29) is 7.43 Å². The third-order valence-electron chi connectivity index (χ3n) is 2.71. The highest BCUT2D eigenvalue weighted by molar-refractivity contribution is 5.31. The molecule has 0 N–H and O–H groups in total. The molecule has 1 aliphatic rings. The van der Waals surface area contributed by atoms with E-state index in [1.807, 2.05) is 13.8 Å². The van der Waals surface area contributed by atoms with Gasteiger partial charge in [-0.15, -0.1) is 0 Å². The van der Waals surface area contributed by atoms with Gasteiger partial charge in [0, 0.05) is 0 Å². The van der Waals surface area contributed by atoms with Crippen LogP contribution in [-0.4, -0.2) is 0 Å². The molecule has 0 atom stereocenters. The first-order valence-electron chi connectivity index (χ1n) is 5.47. The molecule has 0 bridgehead atoms. The van der Waals surface area contributed by atoms with E-state index >= 15 is 0 Å². The van der Waals surface area contributed by atoms with Gasteiger partial charge in [0.1, 0.15) is 0 Å². The van der Waals surface area contributed by atoms with Gasteiger partial charge in [-0.25, -0.2) is 0 Å². The van der Waals surface area contributed by atoms with Gasteiger partial charge in [-0.2, -0.15) is 0 Å². The third-order valence-corrected chi connectivity index (χ3v) is 2.71. The molecule has 0 aromatic heterocycles. The van der Waals surface area contributed by atoms with Gasteiger partial charge in [0.2, 0.25) is 0 Å². The van der Waals surface area contributed by atoms with Gasteiger partial charge in [-0.3, -0.25) is 0 Å². The van der Waals surface area contributed by atoms with Crippen LogP contribution in [0.3, 0.4) is 0 Å². The topological polar surface area (TPSA) is 0 Å². The number of hydrogen-bond donors (Lipinski definition) is 0. The lowest BCUT2D eigenvalue weighted by molar-refractivity contribution is 0.543. The molecule has 2 rings (SSSR count). The van der Waals surface area contributed by atoms with Crippen LogP contribution in [0.1, 0.15) is 45.7 Å². The van der Waals surface area contributed by atoms with Crippen LogP contribution in [0, 0.1) is 5.92 Å². The number of benzene rings is 1. The van der Waals surface area contributed by atoms with Crippen molar-refractivity contribution in [2.75, 3.05) is 0 Å². The lowest BCUT2D eigenvalue weighted by Gasteiger charge is -2.01. The Hall–Kier alpha value is -0.780. The Morgan fingerprint density at radius 2 is 1.50 bits per heavy atom. The van der Waals surface area contributed by atoms with E-state index in [0.717, 1.165) is 5.92 Å². The van der Waals surface area contributed by atoms with Gasteiger partial charge in [-0.1, -0.05) is 58.9 Å². The Balaban J connectivity index is 0.000000531. The minimum atomic E-state index is 0. The van der Waals surface area contributed by atoms with E-state index in [4.69, 9.17) is 0 Å². The van der Waals surface area contributed by atoms with Crippen LogP contribution in [0.25, 0.3) is 0 Å². The van der Waals surface area contributed by atoms with Gasteiger partial charge >= 0.3 is 0 Å². The average molecular weight is 192 g/mol. The fourth-order valence-electron chi connectivity index (χ4n) is 1.94. The Bertz CT molecular complexity index is 225. The first-order valence-corrected chi connectivity index (χ1v) is 5.47. The first-order chi connectivity index (χ1) is 6.40. The summed E-state index contributed by atoms with van der Waals surface area (Å²) in [5, 5.41) is 0. The lowest BCUT2D eigenvalue weighted by atomic mass is 10.0.